The zero-order chi connectivity index (χ0) is 12.4. The van der Waals surface area contributed by atoms with Crippen LogP contribution in [-0.4, -0.2) is 38.5 Å². The topological polar surface area (TPSA) is 30.5 Å². The molecule has 0 aliphatic rings. The molecule has 0 spiro atoms. The Kier molecular flexibility index (Phi) is 8.90. The van der Waals surface area contributed by atoms with E-state index in [9.17, 15) is 0 Å². The van der Waals surface area contributed by atoms with E-state index in [1.54, 1.807) is 0 Å². The van der Waals surface area contributed by atoms with Gasteiger partial charge in [-0.25, -0.2) is 0 Å². The average molecular weight is 231 g/mol. The lowest BCUT2D eigenvalue weighted by molar-refractivity contribution is -0.0352. The third-order valence-corrected chi connectivity index (χ3v) is 2.51. The van der Waals surface area contributed by atoms with Gasteiger partial charge in [-0.15, -0.1) is 0 Å². The summed E-state index contributed by atoms with van der Waals surface area (Å²) in [6, 6.07) is 0.634. The van der Waals surface area contributed by atoms with Crippen LogP contribution in [0.4, 0.5) is 0 Å². The third kappa shape index (κ3) is 10.4. The van der Waals surface area contributed by atoms with E-state index in [-0.39, 0.29) is 5.60 Å². The van der Waals surface area contributed by atoms with Crippen molar-refractivity contribution in [3.8, 4) is 0 Å². The molecular formula is C13H29NO2. The zero-order valence-corrected chi connectivity index (χ0v) is 11.6. The molecule has 0 saturated carbocycles. The van der Waals surface area contributed by atoms with Crippen LogP contribution in [0.3, 0.4) is 0 Å². The van der Waals surface area contributed by atoms with Crippen LogP contribution in [0, 0.1) is 0 Å². The van der Waals surface area contributed by atoms with Gasteiger partial charge in [0.1, 0.15) is 0 Å². The van der Waals surface area contributed by atoms with Crippen LogP contribution in [0.1, 0.15) is 47.0 Å². The number of hydrogen-bond donors (Lipinski definition) is 1. The minimum Gasteiger partial charge on any atom is -0.379 e. The lowest BCUT2D eigenvalue weighted by Gasteiger charge is -2.19. The smallest absolute Gasteiger partial charge is 0.0707 e. The van der Waals surface area contributed by atoms with Crippen molar-refractivity contribution < 1.29 is 9.47 Å². The molecule has 3 nitrogen and oxygen atoms in total. The van der Waals surface area contributed by atoms with Gasteiger partial charge in [0, 0.05) is 12.6 Å². The lowest BCUT2D eigenvalue weighted by atomic mass is 10.1. The fourth-order valence-corrected chi connectivity index (χ4v) is 1.49. The van der Waals surface area contributed by atoms with Crippen LogP contribution in [0.2, 0.25) is 0 Å². The van der Waals surface area contributed by atoms with Gasteiger partial charge in [0.15, 0.2) is 0 Å². The molecule has 0 amide bonds. The molecule has 0 heterocycles. The molecule has 3 heteroatoms. The quantitative estimate of drug-likeness (QED) is 0.619. The fraction of sp³-hybridized carbons (Fsp3) is 1.00. The molecule has 0 aromatic carbocycles. The van der Waals surface area contributed by atoms with E-state index < -0.39 is 0 Å². The second kappa shape index (κ2) is 8.97. The predicted molar refractivity (Wildman–Crippen MR) is 68.9 cm³/mol. The summed E-state index contributed by atoms with van der Waals surface area (Å²) in [7, 11) is 2.02. The first-order chi connectivity index (χ1) is 7.49. The van der Waals surface area contributed by atoms with Crippen LogP contribution < -0.4 is 5.32 Å². The van der Waals surface area contributed by atoms with Gasteiger partial charge in [0.2, 0.25) is 0 Å². The van der Waals surface area contributed by atoms with E-state index in [1.807, 2.05) is 7.05 Å². The highest BCUT2D eigenvalue weighted by Gasteiger charge is 2.08. The second-order valence-corrected chi connectivity index (χ2v) is 5.11. The molecular weight excluding hydrogens is 202 g/mol. The van der Waals surface area contributed by atoms with E-state index in [0.29, 0.717) is 19.3 Å². The predicted octanol–water partition coefficient (Wildman–Crippen LogP) is 2.60. The van der Waals surface area contributed by atoms with Crippen LogP contribution >= 0.6 is 0 Å². The highest BCUT2D eigenvalue weighted by atomic mass is 16.5. The molecule has 1 atom stereocenters. The molecule has 0 rings (SSSR count). The standard InChI is InChI=1S/C13H29NO2/c1-6-12(14-5)8-7-9-15-10-11-16-13(2,3)4/h12,14H,6-11H2,1-5H3. The molecule has 0 bridgehead atoms. The van der Waals surface area contributed by atoms with E-state index in [2.05, 4.69) is 33.0 Å². The molecule has 0 fully saturated rings. The molecule has 0 aliphatic heterocycles. The summed E-state index contributed by atoms with van der Waals surface area (Å²) < 4.78 is 11.1. The first-order valence-electron chi connectivity index (χ1n) is 6.38. The Hall–Kier alpha value is -0.120. The molecule has 0 aliphatic carbocycles. The van der Waals surface area contributed by atoms with Gasteiger partial charge in [0.25, 0.3) is 0 Å². The molecule has 98 valence electrons. The van der Waals surface area contributed by atoms with Gasteiger partial charge in [0.05, 0.1) is 18.8 Å². The monoisotopic (exact) mass is 231 g/mol. The minimum absolute atomic E-state index is 0.0528. The maximum atomic E-state index is 5.56. The first kappa shape index (κ1) is 15.9. The Morgan fingerprint density at radius 1 is 1.12 bits per heavy atom. The summed E-state index contributed by atoms with van der Waals surface area (Å²) in [5, 5.41) is 3.29. The Morgan fingerprint density at radius 2 is 1.81 bits per heavy atom. The van der Waals surface area contributed by atoms with Crippen molar-refractivity contribution in [1.29, 1.82) is 0 Å². The van der Waals surface area contributed by atoms with E-state index in [1.165, 1.54) is 12.8 Å². The maximum absolute atomic E-state index is 5.56. The Balaban J connectivity index is 3.21. The first-order valence-corrected chi connectivity index (χ1v) is 6.38. The van der Waals surface area contributed by atoms with Crippen molar-refractivity contribution in [1.82, 2.24) is 5.32 Å². The van der Waals surface area contributed by atoms with Gasteiger partial charge >= 0.3 is 0 Å². The Labute approximate surface area is 101 Å². The minimum atomic E-state index is -0.0528. The molecule has 0 radical (unpaired) electrons. The number of hydrogen-bond acceptors (Lipinski definition) is 3. The number of ether oxygens (including phenoxy) is 2. The van der Waals surface area contributed by atoms with Crippen LogP contribution in [-0.2, 0) is 9.47 Å². The molecule has 0 aromatic rings. The summed E-state index contributed by atoms with van der Waals surface area (Å²) in [5.74, 6) is 0. The van der Waals surface area contributed by atoms with E-state index >= 15 is 0 Å². The summed E-state index contributed by atoms with van der Waals surface area (Å²) >= 11 is 0. The molecule has 1 N–H and O–H groups in total. The normalized spacial score (nSPS) is 14.1. The molecule has 1 unspecified atom stereocenters. The largest absolute Gasteiger partial charge is 0.379 e. The maximum Gasteiger partial charge on any atom is 0.0707 e. The molecule has 16 heavy (non-hydrogen) atoms. The van der Waals surface area contributed by atoms with Crippen LogP contribution in [0.15, 0.2) is 0 Å². The van der Waals surface area contributed by atoms with E-state index in [4.69, 9.17) is 9.47 Å². The third-order valence-electron chi connectivity index (χ3n) is 2.51. The van der Waals surface area contributed by atoms with Crippen molar-refractivity contribution in [2.75, 3.05) is 26.9 Å². The van der Waals surface area contributed by atoms with Crippen molar-refractivity contribution >= 4 is 0 Å². The summed E-state index contributed by atoms with van der Waals surface area (Å²) in [4.78, 5) is 0. The second-order valence-electron chi connectivity index (χ2n) is 5.11. The summed E-state index contributed by atoms with van der Waals surface area (Å²) in [6.07, 6.45) is 3.49. The highest BCUT2D eigenvalue weighted by Crippen LogP contribution is 2.06. The summed E-state index contributed by atoms with van der Waals surface area (Å²) in [5.41, 5.74) is -0.0528. The van der Waals surface area contributed by atoms with E-state index in [0.717, 1.165) is 13.0 Å². The van der Waals surface area contributed by atoms with Gasteiger partial charge in [-0.1, -0.05) is 6.92 Å². The van der Waals surface area contributed by atoms with Crippen LogP contribution in [0.25, 0.3) is 0 Å². The number of rotatable bonds is 9. The fourth-order valence-electron chi connectivity index (χ4n) is 1.49. The average Bonchev–Trinajstić information content (AvgIpc) is 2.21. The lowest BCUT2D eigenvalue weighted by Crippen LogP contribution is -2.24. The van der Waals surface area contributed by atoms with Crippen molar-refractivity contribution in [3.63, 3.8) is 0 Å². The summed E-state index contributed by atoms with van der Waals surface area (Å²) in [6.45, 7) is 10.6. The van der Waals surface area contributed by atoms with Gasteiger partial charge < -0.3 is 14.8 Å². The number of nitrogens with one attached hydrogen (secondary N) is 1. The van der Waals surface area contributed by atoms with Gasteiger partial charge in [-0.2, -0.15) is 0 Å². The SMILES string of the molecule is CCC(CCCOCCOC(C)(C)C)NC. The van der Waals surface area contributed by atoms with Crippen molar-refractivity contribution in [2.24, 2.45) is 0 Å². The van der Waals surface area contributed by atoms with Crippen molar-refractivity contribution in [2.45, 2.75) is 58.6 Å². The Bertz CT molecular complexity index is 151. The van der Waals surface area contributed by atoms with Crippen LogP contribution in [0.5, 0.6) is 0 Å². The van der Waals surface area contributed by atoms with Crippen molar-refractivity contribution in [3.05, 3.63) is 0 Å². The van der Waals surface area contributed by atoms with Gasteiger partial charge in [-0.05, 0) is 47.1 Å². The molecule has 0 aromatic heterocycles. The molecule has 0 saturated heterocycles. The Morgan fingerprint density at radius 3 is 2.31 bits per heavy atom. The van der Waals surface area contributed by atoms with Gasteiger partial charge in [-0.3, -0.25) is 0 Å². The highest BCUT2D eigenvalue weighted by molar-refractivity contribution is 4.61. The zero-order valence-electron chi connectivity index (χ0n) is 11.6.